The Balaban J connectivity index is 1.88. The Morgan fingerprint density at radius 1 is 1.17 bits per heavy atom. The summed E-state index contributed by atoms with van der Waals surface area (Å²) in [5.74, 6) is -0.210. The molecule has 2 aromatic rings. The van der Waals surface area contributed by atoms with Crippen LogP contribution in [0, 0.1) is 5.41 Å². The van der Waals surface area contributed by atoms with E-state index in [1.165, 1.54) is 0 Å². The summed E-state index contributed by atoms with van der Waals surface area (Å²) in [6, 6.07) is 8.54. The molecule has 1 aromatic heterocycles. The average molecular weight is 536 g/mol. The van der Waals surface area contributed by atoms with Gasteiger partial charge in [-0.1, -0.05) is 55.3 Å². The predicted molar refractivity (Wildman–Crippen MR) is 141 cm³/mol. The van der Waals surface area contributed by atoms with Gasteiger partial charge in [-0.2, -0.15) is 0 Å². The second kappa shape index (κ2) is 10.2. The summed E-state index contributed by atoms with van der Waals surface area (Å²) in [5, 5.41) is 0.843. The fraction of sp³-hybridized carbons (Fsp3) is 0.481. The fourth-order valence-corrected chi connectivity index (χ4v) is 7.78. The highest BCUT2D eigenvalue weighted by atomic mass is 35.5. The molecular formula is C27H32Cl2N2O3S. The topological polar surface area (TPSA) is 67.3 Å². The molecule has 1 aliphatic heterocycles. The number of allylic oxidation sites excluding steroid dienone is 1. The number of aromatic nitrogens is 1. The van der Waals surface area contributed by atoms with Crippen molar-refractivity contribution in [3.8, 4) is 0 Å². The zero-order chi connectivity index (χ0) is 25.4. The number of hydrogen-bond donors (Lipinski definition) is 0. The van der Waals surface area contributed by atoms with Crippen molar-refractivity contribution in [3.63, 3.8) is 0 Å². The molecule has 35 heavy (non-hydrogen) atoms. The van der Waals surface area contributed by atoms with E-state index in [0.717, 1.165) is 11.1 Å². The van der Waals surface area contributed by atoms with Gasteiger partial charge in [-0.15, -0.1) is 6.58 Å². The summed E-state index contributed by atoms with van der Waals surface area (Å²) in [6.07, 6.45) is 8.16. The zero-order valence-electron chi connectivity index (χ0n) is 20.2. The smallest absolute Gasteiger partial charge is 0.229 e. The quantitative estimate of drug-likeness (QED) is 0.350. The summed E-state index contributed by atoms with van der Waals surface area (Å²) in [4.78, 5) is 20.4. The number of hydrogen-bond acceptors (Lipinski definition) is 4. The third-order valence-electron chi connectivity index (χ3n) is 7.38. The molecule has 0 N–H and O–H groups in total. The van der Waals surface area contributed by atoms with Crippen molar-refractivity contribution >= 4 is 38.9 Å². The average Bonchev–Trinajstić information content (AvgIpc) is 3.67. The molecule has 2 heterocycles. The molecule has 0 spiro atoms. The number of halogens is 2. The van der Waals surface area contributed by atoms with Crippen molar-refractivity contribution in [2.24, 2.45) is 5.41 Å². The van der Waals surface area contributed by atoms with Crippen molar-refractivity contribution in [2.45, 2.75) is 69.2 Å². The van der Waals surface area contributed by atoms with Crippen LogP contribution < -0.4 is 0 Å². The van der Waals surface area contributed by atoms with Gasteiger partial charge >= 0.3 is 0 Å². The van der Waals surface area contributed by atoms with Crippen molar-refractivity contribution in [3.05, 3.63) is 76.6 Å². The van der Waals surface area contributed by atoms with Gasteiger partial charge in [0, 0.05) is 29.4 Å². The highest BCUT2D eigenvalue weighted by Crippen LogP contribution is 2.52. The Morgan fingerprint density at radius 3 is 2.43 bits per heavy atom. The van der Waals surface area contributed by atoms with Crippen molar-refractivity contribution in [2.75, 3.05) is 5.75 Å². The van der Waals surface area contributed by atoms with Crippen LogP contribution in [-0.4, -0.2) is 41.3 Å². The molecular weight excluding hydrogens is 503 g/mol. The van der Waals surface area contributed by atoms with Crippen LogP contribution in [0.3, 0.4) is 0 Å². The Kier molecular flexibility index (Phi) is 7.65. The SMILES string of the molecule is C=CC[C@@]1(C)C[C@H](c2cncc(Cl)c2)[C@@H](c2ccc(Cl)cc2)N([C@@H](CC)CS(=O)(=O)C2CC2)C1=O. The van der Waals surface area contributed by atoms with Gasteiger partial charge in [-0.25, -0.2) is 8.42 Å². The minimum Gasteiger partial charge on any atom is -0.331 e. The molecule has 2 fully saturated rings. The second-order valence-electron chi connectivity index (χ2n) is 10.1. The van der Waals surface area contributed by atoms with Gasteiger partial charge in [-0.3, -0.25) is 9.78 Å². The van der Waals surface area contributed by atoms with Gasteiger partial charge in [0.25, 0.3) is 0 Å². The van der Waals surface area contributed by atoms with Gasteiger partial charge < -0.3 is 4.90 Å². The van der Waals surface area contributed by atoms with Crippen molar-refractivity contribution < 1.29 is 13.2 Å². The van der Waals surface area contributed by atoms with Crippen LogP contribution in [0.2, 0.25) is 10.0 Å². The van der Waals surface area contributed by atoms with Crippen LogP contribution in [0.25, 0.3) is 0 Å². The number of pyridine rings is 1. The van der Waals surface area contributed by atoms with Crippen LogP contribution in [-0.2, 0) is 14.6 Å². The number of nitrogens with zero attached hydrogens (tertiary/aromatic N) is 2. The fourth-order valence-electron chi connectivity index (χ4n) is 5.41. The number of rotatable bonds is 9. The maximum absolute atomic E-state index is 14.2. The molecule has 5 nitrogen and oxygen atoms in total. The van der Waals surface area contributed by atoms with Crippen molar-refractivity contribution in [1.82, 2.24) is 9.88 Å². The number of carbonyl (C=O) groups excluding carboxylic acids is 1. The first-order chi connectivity index (χ1) is 16.6. The Morgan fingerprint density at radius 2 is 1.86 bits per heavy atom. The third kappa shape index (κ3) is 5.45. The van der Waals surface area contributed by atoms with Crippen LogP contribution in [0.15, 0.2) is 55.4 Å². The molecule has 0 bridgehead atoms. The maximum atomic E-state index is 14.2. The first kappa shape index (κ1) is 26.2. The molecule has 4 rings (SSSR count). The van der Waals surface area contributed by atoms with E-state index in [1.807, 2.05) is 49.1 Å². The lowest BCUT2D eigenvalue weighted by molar-refractivity contribution is -0.153. The van der Waals surface area contributed by atoms with Crippen LogP contribution in [0.1, 0.15) is 69.0 Å². The number of carbonyl (C=O) groups is 1. The third-order valence-corrected chi connectivity index (χ3v) is 10.2. The van der Waals surface area contributed by atoms with Gasteiger partial charge in [0.05, 0.1) is 27.5 Å². The summed E-state index contributed by atoms with van der Waals surface area (Å²) in [7, 11) is -3.29. The molecule has 4 atom stereocenters. The molecule has 8 heteroatoms. The monoisotopic (exact) mass is 534 g/mol. The van der Waals surface area contributed by atoms with Crippen LogP contribution in [0.5, 0.6) is 0 Å². The van der Waals surface area contributed by atoms with E-state index in [-0.39, 0.29) is 28.9 Å². The number of piperidine rings is 1. The summed E-state index contributed by atoms with van der Waals surface area (Å²) in [5.41, 5.74) is 1.11. The van der Waals surface area contributed by atoms with E-state index in [4.69, 9.17) is 23.2 Å². The van der Waals surface area contributed by atoms with E-state index in [2.05, 4.69) is 11.6 Å². The number of likely N-dealkylation sites (tertiary alicyclic amines) is 1. The minimum absolute atomic E-state index is 0.0331. The van der Waals surface area contributed by atoms with Gasteiger partial charge in [-0.05, 0) is 61.4 Å². The standard InChI is InChI=1S/C27H32Cl2N2O3S/c1-4-12-27(3)14-24(19-13-21(29)16-30-15-19)25(18-6-8-20(28)9-7-18)31(26(27)32)22(5-2)17-35(33,34)23-10-11-23/h4,6-9,13,15-16,22-25H,1,5,10-12,14,17H2,2-3H3/t22-,24+,25+,27-/m0/s1. The first-order valence-electron chi connectivity index (χ1n) is 12.1. The maximum Gasteiger partial charge on any atom is 0.229 e. The molecule has 188 valence electrons. The van der Waals surface area contributed by atoms with Gasteiger partial charge in [0.15, 0.2) is 9.84 Å². The number of benzene rings is 1. The summed E-state index contributed by atoms with van der Waals surface area (Å²) >= 11 is 12.5. The normalized spacial score (nSPS) is 25.9. The highest BCUT2D eigenvalue weighted by Gasteiger charge is 2.52. The Labute approximate surface area is 218 Å². The molecule has 0 radical (unpaired) electrons. The second-order valence-corrected chi connectivity index (χ2v) is 13.3. The Hall–Kier alpha value is -1.89. The van der Waals surface area contributed by atoms with Gasteiger partial charge in [0.1, 0.15) is 0 Å². The van der Waals surface area contributed by atoms with E-state index >= 15 is 0 Å². The molecule has 1 aliphatic carbocycles. The molecule has 1 amide bonds. The molecule has 1 saturated carbocycles. The molecule has 1 saturated heterocycles. The summed E-state index contributed by atoms with van der Waals surface area (Å²) in [6.45, 7) is 7.81. The Bertz CT molecular complexity index is 1200. The van der Waals surface area contributed by atoms with E-state index in [9.17, 15) is 13.2 Å². The largest absolute Gasteiger partial charge is 0.331 e. The minimum atomic E-state index is -3.29. The number of sulfone groups is 1. The van der Waals surface area contributed by atoms with Crippen LogP contribution >= 0.6 is 23.2 Å². The van der Waals surface area contributed by atoms with Crippen molar-refractivity contribution in [1.29, 1.82) is 0 Å². The molecule has 1 aromatic carbocycles. The van der Waals surface area contributed by atoms with Crippen LogP contribution in [0.4, 0.5) is 0 Å². The first-order valence-corrected chi connectivity index (χ1v) is 14.6. The summed E-state index contributed by atoms with van der Waals surface area (Å²) < 4.78 is 26.2. The predicted octanol–water partition coefficient (Wildman–Crippen LogP) is 6.38. The lowest BCUT2D eigenvalue weighted by atomic mass is 9.67. The van der Waals surface area contributed by atoms with E-state index in [0.29, 0.717) is 42.1 Å². The molecule has 2 aliphatic rings. The zero-order valence-corrected chi connectivity index (χ0v) is 22.5. The van der Waals surface area contributed by atoms with E-state index in [1.54, 1.807) is 18.5 Å². The number of amides is 1. The lowest BCUT2D eigenvalue weighted by Gasteiger charge is -2.52. The molecule has 0 unspecified atom stereocenters. The highest BCUT2D eigenvalue weighted by molar-refractivity contribution is 7.92. The van der Waals surface area contributed by atoms with Gasteiger partial charge in [0.2, 0.25) is 5.91 Å². The van der Waals surface area contributed by atoms with E-state index < -0.39 is 21.3 Å². The lowest BCUT2D eigenvalue weighted by Crippen LogP contribution is -2.57.